The molecule has 0 radical (unpaired) electrons. The Hall–Kier alpha value is -2.28. The molecule has 0 saturated heterocycles. The second-order valence-corrected chi connectivity index (χ2v) is 5.99. The van der Waals surface area contributed by atoms with Crippen LogP contribution < -0.4 is 5.32 Å². The van der Waals surface area contributed by atoms with Crippen molar-refractivity contribution < 1.29 is 19.1 Å². The fourth-order valence-electron chi connectivity index (χ4n) is 2.08. The van der Waals surface area contributed by atoms with Crippen LogP contribution in [0.4, 0.5) is 4.39 Å². The third kappa shape index (κ3) is 4.59. The number of carbonyl (C=O) groups is 2. The summed E-state index contributed by atoms with van der Waals surface area (Å²) in [7, 11) is 0. The summed E-state index contributed by atoms with van der Waals surface area (Å²) in [4.78, 5) is 27.3. The van der Waals surface area contributed by atoms with Gasteiger partial charge in [0.15, 0.2) is 0 Å². The van der Waals surface area contributed by atoms with Crippen LogP contribution in [0.3, 0.4) is 0 Å². The predicted octanol–water partition coefficient (Wildman–Crippen LogP) is 2.86. The highest BCUT2D eigenvalue weighted by molar-refractivity contribution is 7.09. The number of aliphatic carboxylic acids is 1. The number of amides is 1. The molecule has 23 heavy (non-hydrogen) atoms. The molecule has 0 saturated carbocycles. The maximum atomic E-state index is 13.6. The maximum Gasteiger partial charge on any atom is 0.326 e. The molecule has 0 spiro atoms. The summed E-state index contributed by atoms with van der Waals surface area (Å²) < 4.78 is 13.6. The summed E-state index contributed by atoms with van der Waals surface area (Å²) in [6.45, 7) is 1.84. The Balaban J connectivity index is 2.05. The van der Waals surface area contributed by atoms with Gasteiger partial charge in [-0.1, -0.05) is 31.5 Å². The Kier molecular flexibility index (Phi) is 5.81. The third-order valence-corrected chi connectivity index (χ3v) is 4.11. The lowest BCUT2D eigenvalue weighted by Gasteiger charge is -2.12. The fourth-order valence-corrected chi connectivity index (χ4v) is 2.88. The summed E-state index contributed by atoms with van der Waals surface area (Å²) in [5, 5.41) is 13.7. The minimum Gasteiger partial charge on any atom is -0.480 e. The van der Waals surface area contributed by atoms with Crippen molar-refractivity contribution >= 4 is 23.2 Å². The van der Waals surface area contributed by atoms with E-state index in [2.05, 4.69) is 10.3 Å². The Morgan fingerprint density at radius 3 is 2.78 bits per heavy atom. The average Bonchev–Trinajstić information content (AvgIpc) is 2.97. The molecule has 2 N–H and O–H groups in total. The van der Waals surface area contributed by atoms with Gasteiger partial charge in [0.25, 0.3) is 5.91 Å². The first-order valence-corrected chi connectivity index (χ1v) is 8.10. The number of carboxylic acids is 1. The van der Waals surface area contributed by atoms with Crippen LogP contribution in [-0.2, 0) is 11.2 Å². The van der Waals surface area contributed by atoms with Crippen LogP contribution in [0.15, 0.2) is 29.6 Å². The van der Waals surface area contributed by atoms with Crippen molar-refractivity contribution in [2.24, 2.45) is 0 Å². The average molecular weight is 336 g/mol. The van der Waals surface area contributed by atoms with E-state index in [-0.39, 0.29) is 11.5 Å². The number of nitrogens with zero attached hydrogens (tertiary/aromatic N) is 1. The summed E-state index contributed by atoms with van der Waals surface area (Å²) in [5.41, 5.74) is 0.659. The highest BCUT2D eigenvalue weighted by Crippen LogP contribution is 2.17. The molecule has 0 bridgehead atoms. The largest absolute Gasteiger partial charge is 0.480 e. The number of hydrogen-bond donors (Lipinski definition) is 2. The van der Waals surface area contributed by atoms with E-state index in [1.54, 1.807) is 23.6 Å². The minimum absolute atomic E-state index is 0.156. The van der Waals surface area contributed by atoms with Crippen LogP contribution in [0.5, 0.6) is 0 Å². The number of thiazole rings is 1. The summed E-state index contributed by atoms with van der Waals surface area (Å²) in [6.07, 6.45) is 1.29. The zero-order valence-electron chi connectivity index (χ0n) is 12.6. The van der Waals surface area contributed by atoms with Gasteiger partial charge in [0.2, 0.25) is 0 Å². The molecule has 5 nitrogen and oxygen atoms in total. The smallest absolute Gasteiger partial charge is 0.326 e. The monoisotopic (exact) mass is 336 g/mol. The zero-order chi connectivity index (χ0) is 16.8. The molecule has 1 unspecified atom stereocenters. The summed E-state index contributed by atoms with van der Waals surface area (Å²) in [5.74, 6) is -1.91. The van der Waals surface area contributed by atoms with E-state index in [9.17, 15) is 14.0 Å². The van der Waals surface area contributed by atoms with Gasteiger partial charge in [-0.05, 0) is 18.1 Å². The molecule has 7 heteroatoms. The Bertz CT molecular complexity index is 702. The van der Waals surface area contributed by atoms with Gasteiger partial charge in [-0.3, -0.25) is 4.79 Å². The van der Waals surface area contributed by atoms with E-state index in [1.165, 1.54) is 17.4 Å². The predicted molar refractivity (Wildman–Crippen MR) is 85.1 cm³/mol. The molecule has 1 amide bonds. The van der Waals surface area contributed by atoms with Gasteiger partial charge in [-0.2, -0.15) is 0 Å². The normalized spacial score (nSPS) is 11.9. The summed E-state index contributed by atoms with van der Waals surface area (Å²) in [6, 6.07) is 5.46. The van der Waals surface area contributed by atoms with Crippen LogP contribution in [0, 0.1) is 5.82 Å². The van der Waals surface area contributed by atoms with Gasteiger partial charge in [0.1, 0.15) is 17.6 Å². The van der Waals surface area contributed by atoms with Gasteiger partial charge in [-0.15, -0.1) is 11.3 Å². The van der Waals surface area contributed by atoms with Crippen molar-refractivity contribution in [1.29, 1.82) is 0 Å². The second-order valence-electron chi connectivity index (χ2n) is 5.05. The number of carboxylic acid groups (broad SMARTS) is 1. The first-order chi connectivity index (χ1) is 11.0. The van der Waals surface area contributed by atoms with Crippen molar-refractivity contribution in [1.82, 2.24) is 10.3 Å². The van der Waals surface area contributed by atoms with Crippen LogP contribution in [0.2, 0.25) is 0 Å². The van der Waals surface area contributed by atoms with Gasteiger partial charge >= 0.3 is 5.97 Å². The molecule has 2 aromatic rings. The van der Waals surface area contributed by atoms with E-state index in [0.717, 1.165) is 0 Å². The Morgan fingerprint density at radius 1 is 1.39 bits per heavy atom. The quantitative estimate of drug-likeness (QED) is 0.815. The van der Waals surface area contributed by atoms with Gasteiger partial charge in [0, 0.05) is 11.8 Å². The first-order valence-electron chi connectivity index (χ1n) is 7.22. The van der Waals surface area contributed by atoms with E-state index in [1.807, 2.05) is 6.92 Å². The van der Waals surface area contributed by atoms with Crippen LogP contribution >= 0.6 is 11.3 Å². The molecule has 122 valence electrons. The fraction of sp³-hybridized carbons (Fsp3) is 0.312. The highest BCUT2D eigenvalue weighted by Gasteiger charge is 2.21. The van der Waals surface area contributed by atoms with Crippen molar-refractivity contribution in [3.8, 4) is 0 Å². The topological polar surface area (TPSA) is 79.3 Å². The molecule has 0 fully saturated rings. The Labute approximate surface area is 137 Å². The van der Waals surface area contributed by atoms with Crippen molar-refractivity contribution in [2.75, 3.05) is 0 Å². The number of hydrogen-bond acceptors (Lipinski definition) is 4. The van der Waals surface area contributed by atoms with Crippen LogP contribution in [0.1, 0.15) is 40.8 Å². The van der Waals surface area contributed by atoms with Crippen LogP contribution in [0.25, 0.3) is 0 Å². The molecule has 2 rings (SSSR count). The molecular formula is C16H17FN2O3S. The van der Waals surface area contributed by atoms with Crippen molar-refractivity contribution in [2.45, 2.75) is 32.2 Å². The number of aromatic nitrogens is 1. The van der Waals surface area contributed by atoms with Crippen molar-refractivity contribution in [3.05, 3.63) is 51.7 Å². The van der Waals surface area contributed by atoms with Gasteiger partial charge < -0.3 is 10.4 Å². The standard InChI is InChI=1S/C16H17FN2O3S/c1-2-5-12(16(21)22)19-15(20)13-9-23-14(18-13)8-10-6-3-4-7-11(10)17/h3-4,6-7,9,12H,2,5,8H2,1H3,(H,19,20)(H,21,22). The lowest BCUT2D eigenvalue weighted by Crippen LogP contribution is -2.40. The molecule has 1 aromatic heterocycles. The lowest BCUT2D eigenvalue weighted by atomic mass is 10.1. The minimum atomic E-state index is -1.07. The second kappa shape index (κ2) is 7.82. The molecule has 1 heterocycles. The van der Waals surface area contributed by atoms with E-state index >= 15 is 0 Å². The highest BCUT2D eigenvalue weighted by atomic mass is 32.1. The van der Waals surface area contributed by atoms with Gasteiger partial charge in [0.05, 0.1) is 5.01 Å². The third-order valence-electron chi connectivity index (χ3n) is 3.26. The maximum absolute atomic E-state index is 13.6. The first kappa shape index (κ1) is 17.1. The molecular weight excluding hydrogens is 319 g/mol. The molecule has 1 aromatic carbocycles. The van der Waals surface area contributed by atoms with Crippen molar-refractivity contribution in [3.63, 3.8) is 0 Å². The van der Waals surface area contributed by atoms with E-state index in [4.69, 9.17) is 5.11 Å². The zero-order valence-corrected chi connectivity index (χ0v) is 13.4. The van der Waals surface area contributed by atoms with Gasteiger partial charge in [-0.25, -0.2) is 14.2 Å². The number of benzene rings is 1. The van der Waals surface area contributed by atoms with Crippen LogP contribution in [-0.4, -0.2) is 28.0 Å². The number of rotatable bonds is 7. The number of nitrogens with one attached hydrogen (secondary N) is 1. The molecule has 0 aliphatic rings. The van der Waals surface area contributed by atoms with E-state index < -0.39 is 17.9 Å². The Morgan fingerprint density at radius 2 is 2.13 bits per heavy atom. The number of halogens is 1. The lowest BCUT2D eigenvalue weighted by molar-refractivity contribution is -0.139. The summed E-state index contributed by atoms with van der Waals surface area (Å²) >= 11 is 1.24. The molecule has 0 aliphatic heterocycles. The molecule has 0 aliphatic carbocycles. The SMILES string of the molecule is CCCC(NC(=O)c1csc(Cc2ccccc2F)n1)C(=O)O. The number of carbonyl (C=O) groups excluding carboxylic acids is 1. The van der Waals surface area contributed by atoms with E-state index in [0.29, 0.717) is 29.8 Å². The molecule has 1 atom stereocenters.